The smallest absolute Gasteiger partial charge is 0.282 e. The lowest BCUT2D eigenvalue weighted by Gasteiger charge is -2.24. The van der Waals surface area contributed by atoms with E-state index in [0.717, 1.165) is 4.31 Å². The second-order valence-electron chi connectivity index (χ2n) is 6.63. The van der Waals surface area contributed by atoms with Gasteiger partial charge in [-0.3, -0.25) is 14.7 Å². The van der Waals surface area contributed by atoms with Crippen LogP contribution in [0.25, 0.3) is 0 Å². The summed E-state index contributed by atoms with van der Waals surface area (Å²) in [6.07, 6.45) is 1.26. The normalized spacial score (nSPS) is 22.8. The molecule has 2 amide bonds. The number of H-pyrrole nitrogens is 1. The third-order valence-corrected chi connectivity index (χ3v) is 6.05. The van der Waals surface area contributed by atoms with Crippen molar-refractivity contribution in [3.05, 3.63) is 12.2 Å². The van der Waals surface area contributed by atoms with Crippen molar-refractivity contribution in [1.82, 2.24) is 24.8 Å². The van der Waals surface area contributed by atoms with E-state index in [-0.39, 0.29) is 24.7 Å². The van der Waals surface area contributed by atoms with E-state index in [1.165, 1.54) is 6.42 Å². The third-order valence-electron chi connectivity index (χ3n) is 4.40. The van der Waals surface area contributed by atoms with Crippen LogP contribution < -0.4 is 11.1 Å². The Balaban J connectivity index is 1.96. The second kappa shape index (κ2) is 8.76. The molecule has 1 aromatic heterocycles. The minimum Gasteiger partial charge on any atom is -0.390 e. The van der Waals surface area contributed by atoms with Gasteiger partial charge in [0.05, 0.1) is 18.6 Å². The average molecular weight is 401 g/mol. The molecule has 1 radical (unpaired) electrons. The Bertz CT molecular complexity index is 779. The highest BCUT2D eigenvalue weighted by Crippen LogP contribution is 2.19. The van der Waals surface area contributed by atoms with E-state index < -0.39 is 39.9 Å². The number of aliphatic hydroxyl groups is 1. The van der Waals surface area contributed by atoms with Gasteiger partial charge in [0.25, 0.3) is 15.2 Å². The molecule has 0 spiro atoms. The number of β-amino-alcohol motifs (C(OH)–C–C–N with tert-alkyl or cyclic N) is 1. The number of aryl methyl sites for hydroxylation is 1. The van der Waals surface area contributed by atoms with Crippen LogP contribution in [0.2, 0.25) is 0 Å². The fourth-order valence-corrected chi connectivity index (χ4v) is 4.05. The van der Waals surface area contributed by atoms with Gasteiger partial charge in [0.15, 0.2) is 0 Å². The quantitative estimate of drug-likeness (QED) is 0.428. The summed E-state index contributed by atoms with van der Waals surface area (Å²) >= 11 is 0. The zero-order chi connectivity index (χ0) is 20.2. The number of hydrogen-bond acceptors (Lipinski definition) is 7. The lowest BCUT2D eigenvalue weighted by Crippen LogP contribution is -2.47. The molecule has 1 aliphatic heterocycles. The third kappa shape index (κ3) is 5.47. The number of aliphatic hydroxyl groups excluding tert-OH is 1. The number of aromatic nitrogens is 3. The van der Waals surface area contributed by atoms with Crippen LogP contribution >= 0.6 is 0 Å². The highest BCUT2D eigenvalue weighted by molar-refractivity contribution is 7.88. The topological polar surface area (TPSA) is 171 Å². The Kier molecular flexibility index (Phi) is 6.89. The highest BCUT2D eigenvalue weighted by atomic mass is 32.2. The molecule has 151 valence electrons. The first-order valence-electron chi connectivity index (χ1n) is 8.61. The van der Waals surface area contributed by atoms with E-state index in [0.29, 0.717) is 18.7 Å². The van der Waals surface area contributed by atoms with Gasteiger partial charge in [0.2, 0.25) is 11.8 Å². The van der Waals surface area contributed by atoms with Crippen LogP contribution in [0.5, 0.6) is 0 Å². The van der Waals surface area contributed by atoms with Crippen LogP contribution in [-0.4, -0.2) is 70.1 Å². The summed E-state index contributed by atoms with van der Waals surface area (Å²) in [5.41, 5.74) is 5.15. The number of rotatable bonds is 7. The molecule has 1 fully saturated rings. The van der Waals surface area contributed by atoms with Gasteiger partial charge < -0.3 is 16.2 Å². The maximum Gasteiger partial charge on any atom is 0.282 e. The Morgan fingerprint density at radius 2 is 2.22 bits per heavy atom. The predicted octanol–water partition coefficient (Wildman–Crippen LogP) is -1.54. The standard InChI is InChI=1S/C15H25N6O5S/c1-9(14(16)24)5-6-13(23)18-11-4-3-7-21(8-12(11)22)27(25,26)15-17-10(2)19-20-15/h6,9,11-12,22H,3-5,7-8H2,1-2H3,(H2,16,24)(H,18,23)(H,17,19,20)/t9?,11?,12-/m0/s1. The summed E-state index contributed by atoms with van der Waals surface area (Å²) in [5.74, 6) is -1.04. The van der Waals surface area contributed by atoms with Crippen molar-refractivity contribution >= 4 is 21.8 Å². The van der Waals surface area contributed by atoms with Crippen LogP contribution in [0.15, 0.2) is 5.16 Å². The number of carbonyl (C=O) groups excluding carboxylic acids is 2. The molecule has 11 nitrogen and oxygen atoms in total. The summed E-state index contributed by atoms with van der Waals surface area (Å²) in [7, 11) is -3.93. The van der Waals surface area contributed by atoms with Crippen molar-refractivity contribution in [2.24, 2.45) is 11.7 Å². The molecule has 5 N–H and O–H groups in total. The van der Waals surface area contributed by atoms with E-state index in [4.69, 9.17) is 5.73 Å². The zero-order valence-corrected chi connectivity index (χ0v) is 16.1. The molecule has 2 rings (SSSR count). The summed E-state index contributed by atoms with van der Waals surface area (Å²) in [4.78, 5) is 26.9. The fraction of sp³-hybridized carbons (Fsp3) is 0.667. The Labute approximate surface area is 157 Å². The Morgan fingerprint density at radius 3 is 2.81 bits per heavy atom. The molecule has 27 heavy (non-hydrogen) atoms. The summed E-state index contributed by atoms with van der Waals surface area (Å²) in [6, 6.07) is -0.605. The molecule has 0 aromatic carbocycles. The van der Waals surface area contributed by atoms with Gasteiger partial charge in [-0.1, -0.05) is 6.92 Å². The summed E-state index contributed by atoms with van der Waals surface area (Å²) < 4.78 is 26.3. The van der Waals surface area contributed by atoms with E-state index in [1.54, 1.807) is 13.8 Å². The number of aromatic amines is 1. The van der Waals surface area contributed by atoms with Gasteiger partial charge in [-0.25, -0.2) is 13.4 Å². The lowest BCUT2D eigenvalue weighted by atomic mass is 10.0. The number of hydrogen-bond donors (Lipinski definition) is 4. The number of nitrogens with one attached hydrogen (secondary N) is 2. The van der Waals surface area contributed by atoms with Crippen LogP contribution in [-0.2, 0) is 19.6 Å². The first-order chi connectivity index (χ1) is 12.6. The van der Waals surface area contributed by atoms with E-state index in [2.05, 4.69) is 20.5 Å². The number of nitrogens with zero attached hydrogens (tertiary/aromatic N) is 3. The molecule has 1 aromatic rings. The number of nitrogens with two attached hydrogens (primary N) is 1. The monoisotopic (exact) mass is 401 g/mol. The SMILES string of the molecule is Cc1nc(S(=O)(=O)N2CCCC(NC(=O)[CH]CC(C)C(N)=O)[C@@H](O)C2)n[nH]1. The molecule has 2 unspecified atom stereocenters. The van der Waals surface area contributed by atoms with Crippen molar-refractivity contribution in [2.75, 3.05) is 13.1 Å². The molecular weight excluding hydrogens is 376 g/mol. The number of amides is 2. The van der Waals surface area contributed by atoms with Gasteiger partial charge in [0.1, 0.15) is 5.82 Å². The second-order valence-corrected chi connectivity index (χ2v) is 8.47. The molecule has 2 heterocycles. The maximum atomic E-state index is 12.6. The van der Waals surface area contributed by atoms with Crippen molar-refractivity contribution in [1.29, 1.82) is 0 Å². The van der Waals surface area contributed by atoms with Crippen LogP contribution in [0.1, 0.15) is 32.0 Å². The van der Waals surface area contributed by atoms with Gasteiger partial charge in [-0.2, -0.15) is 4.31 Å². The molecule has 0 saturated carbocycles. The molecule has 3 atom stereocenters. The molecule has 0 bridgehead atoms. The Hall–Kier alpha value is -2.05. The van der Waals surface area contributed by atoms with Crippen molar-refractivity contribution in [2.45, 2.75) is 50.4 Å². The number of carbonyl (C=O) groups is 2. The first kappa shape index (κ1) is 21.3. The molecule has 1 saturated heterocycles. The van der Waals surface area contributed by atoms with E-state index in [1.807, 2.05) is 0 Å². The van der Waals surface area contributed by atoms with E-state index >= 15 is 0 Å². The number of sulfonamides is 1. The van der Waals surface area contributed by atoms with Crippen molar-refractivity contribution in [3.63, 3.8) is 0 Å². The van der Waals surface area contributed by atoms with Gasteiger partial charge in [-0.05, 0) is 26.2 Å². The lowest BCUT2D eigenvalue weighted by molar-refractivity contribution is -0.121. The molecule has 1 aliphatic rings. The average Bonchev–Trinajstić information content (AvgIpc) is 2.95. The number of primary amides is 1. The maximum absolute atomic E-state index is 12.6. The van der Waals surface area contributed by atoms with Crippen molar-refractivity contribution in [3.8, 4) is 0 Å². The largest absolute Gasteiger partial charge is 0.390 e. The van der Waals surface area contributed by atoms with Gasteiger partial charge in [-0.15, -0.1) is 5.10 Å². The van der Waals surface area contributed by atoms with Crippen LogP contribution in [0.4, 0.5) is 0 Å². The van der Waals surface area contributed by atoms with Gasteiger partial charge in [0, 0.05) is 19.0 Å². The summed E-state index contributed by atoms with van der Waals surface area (Å²) in [5, 5.41) is 18.9. The molecule has 12 heteroatoms. The van der Waals surface area contributed by atoms with Crippen LogP contribution in [0, 0.1) is 19.3 Å². The minimum absolute atomic E-state index is 0.182. The van der Waals surface area contributed by atoms with E-state index in [9.17, 15) is 23.1 Å². The van der Waals surface area contributed by atoms with Gasteiger partial charge >= 0.3 is 0 Å². The van der Waals surface area contributed by atoms with Crippen molar-refractivity contribution < 1.29 is 23.1 Å². The summed E-state index contributed by atoms with van der Waals surface area (Å²) in [6.45, 7) is 3.20. The Morgan fingerprint density at radius 1 is 1.52 bits per heavy atom. The predicted molar refractivity (Wildman–Crippen MR) is 94.3 cm³/mol. The first-order valence-corrected chi connectivity index (χ1v) is 10.1. The van der Waals surface area contributed by atoms with Crippen LogP contribution in [0.3, 0.4) is 0 Å². The molecular formula is C15H25N6O5S. The zero-order valence-electron chi connectivity index (χ0n) is 15.3. The highest BCUT2D eigenvalue weighted by Gasteiger charge is 2.35. The molecule has 0 aliphatic carbocycles. The minimum atomic E-state index is -3.93. The fourth-order valence-electron chi connectivity index (χ4n) is 2.69.